The topological polar surface area (TPSA) is 49.3 Å². The van der Waals surface area contributed by atoms with Crippen LogP contribution >= 0.6 is 0 Å². The van der Waals surface area contributed by atoms with Gasteiger partial charge in [-0.25, -0.2) is 0 Å². The molecular formula is C12H17NO2. The summed E-state index contributed by atoms with van der Waals surface area (Å²) in [7, 11) is 0. The average Bonchev–Trinajstić information content (AvgIpc) is 2.17. The molecule has 2 N–H and O–H groups in total. The van der Waals surface area contributed by atoms with E-state index in [0.29, 0.717) is 12.1 Å². The quantitative estimate of drug-likeness (QED) is 0.792. The molecule has 0 unspecified atom stereocenters. The van der Waals surface area contributed by atoms with Gasteiger partial charge in [-0.1, -0.05) is 12.1 Å². The minimum atomic E-state index is -0.861. The van der Waals surface area contributed by atoms with Gasteiger partial charge in [-0.3, -0.25) is 4.79 Å². The summed E-state index contributed by atoms with van der Waals surface area (Å²) in [5, 5.41) is 12.4. The van der Waals surface area contributed by atoms with Crippen LogP contribution in [0.1, 0.15) is 36.7 Å². The molecule has 0 saturated heterocycles. The summed E-state index contributed by atoms with van der Waals surface area (Å²) in [6.07, 6.45) is 0. The molecule has 0 radical (unpaired) electrons. The average molecular weight is 207 g/mol. The van der Waals surface area contributed by atoms with Crippen molar-refractivity contribution in [2.45, 2.75) is 26.4 Å². The Bertz CT molecular complexity index is 336. The number of nitrogens with one attached hydrogen (secondary N) is 1. The van der Waals surface area contributed by atoms with E-state index in [9.17, 15) is 9.90 Å². The number of carbonyl (C=O) groups excluding carboxylic acids is 1. The monoisotopic (exact) mass is 207 g/mol. The molecule has 3 nitrogen and oxygen atoms in total. The second-order valence-electron chi connectivity index (χ2n) is 4.00. The van der Waals surface area contributed by atoms with Gasteiger partial charge in [-0.2, -0.15) is 0 Å². The highest BCUT2D eigenvalue weighted by Crippen LogP contribution is 2.19. The zero-order valence-electron chi connectivity index (χ0n) is 9.37. The maximum absolute atomic E-state index is 11.4. The van der Waals surface area contributed by atoms with Crippen LogP contribution in [0.25, 0.3) is 0 Å². The van der Waals surface area contributed by atoms with Crippen LogP contribution in [0.3, 0.4) is 0 Å². The number of aliphatic hydroxyl groups is 1. The van der Waals surface area contributed by atoms with Crippen molar-refractivity contribution in [2.24, 2.45) is 0 Å². The molecule has 0 spiro atoms. The van der Waals surface area contributed by atoms with E-state index >= 15 is 0 Å². The standard InChI is InChI=1S/C12H17NO2/c1-4-13-11(14)9-5-7-10(8-6-9)12(2,3)15/h5-8,15H,4H2,1-3H3,(H,13,14). The van der Waals surface area contributed by atoms with Crippen molar-refractivity contribution in [3.8, 4) is 0 Å². The molecule has 0 aliphatic heterocycles. The maximum Gasteiger partial charge on any atom is 0.251 e. The Kier molecular flexibility index (Phi) is 3.48. The van der Waals surface area contributed by atoms with E-state index in [0.717, 1.165) is 5.56 Å². The van der Waals surface area contributed by atoms with E-state index in [2.05, 4.69) is 5.32 Å². The fourth-order valence-electron chi connectivity index (χ4n) is 1.29. The number of hydrogen-bond donors (Lipinski definition) is 2. The molecule has 1 amide bonds. The molecule has 0 bridgehead atoms. The van der Waals surface area contributed by atoms with Crippen molar-refractivity contribution >= 4 is 5.91 Å². The Morgan fingerprint density at radius 1 is 1.33 bits per heavy atom. The molecule has 0 aliphatic rings. The first-order valence-corrected chi connectivity index (χ1v) is 5.06. The van der Waals surface area contributed by atoms with Crippen LogP contribution in [0.5, 0.6) is 0 Å². The van der Waals surface area contributed by atoms with E-state index in [1.807, 2.05) is 6.92 Å². The molecule has 15 heavy (non-hydrogen) atoms. The largest absolute Gasteiger partial charge is 0.386 e. The van der Waals surface area contributed by atoms with Gasteiger partial charge in [0.2, 0.25) is 0 Å². The minimum Gasteiger partial charge on any atom is -0.386 e. The van der Waals surface area contributed by atoms with Crippen LogP contribution in [0.15, 0.2) is 24.3 Å². The zero-order chi connectivity index (χ0) is 11.5. The SMILES string of the molecule is CCNC(=O)c1ccc(C(C)(C)O)cc1. The van der Waals surface area contributed by atoms with Gasteiger partial charge < -0.3 is 10.4 Å². The summed E-state index contributed by atoms with van der Waals surface area (Å²) in [5.41, 5.74) is 0.556. The molecule has 1 aromatic rings. The second-order valence-corrected chi connectivity index (χ2v) is 4.00. The highest BCUT2D eigenvalue weighted by atomic mass is 16.3. The summed E-state index contributed by atoms with van der Waals surface area (Å²) >= 11 is 0. The Morgan fingerprint density at radius 3 is 2.27 bits per heavy atom. The van der Waals surface area contributed by atoms with E-state index in [1.54, 1.807) is 38.1 Å². The van der Waals surface area contributed by atoms with E-state index in [4.69, 9.17) is 0 Å². The molecule has 0 saturated carbocycles. The summed E-state index contributed by atoms with van der Waals surface area (Å²) < 4.78 is 0. The first-order chi connectivity index (χ1) is 6.95. The molecule has 1 aromatic carbocycles. The normalized spacial score (nSPS) is 11.2. The van der Waals surface area contributed by atoms with Crippen molar-refractivity contribution in [3.05, 3.63) is 35.4 Å². The molecular weight excluding hydrogens is 190 g/mol. The van der Waals surface area contributed by atoms with Crippen molar-refractivity contribution in [3.63, 3.8) is 0 Å². The van der Waals surface area contributed by atoms with Gasteiger partial charge in [0, 0.05) is 12.1 Å². The smallest absolute Gasteiger partial charge is 0.251 e. The molecule has 0 heterocycles. The lowest BCUT2D eigenvalue weighted by Crippen LogP contribution is -2.23. The van der Waals surface area contributed by atoms with E-state index in [-0.39, 0.29) is 5.91 Å². The zero-order valence-corrected chi connectivity index (χ0v) is 9.37. The first-order valence-electron chi connectivity index (χ1n) is 5.06. The Balaban J connectivity index is 2.86. The molecule has 0 atom stereocenters. The predicted molar refractivity (Wildman–Crippen MR) is 59.7 cm³/mol. The van der Waals surface area contributed by atoms with Crippen molar-refractivity contribution in [2.75, 3.05) is 6.54 Å². The third kappa shape index (κ3) is 3.06. The minimum absolute atomic E-state index is 0.0835. The maximum atomic E-state index is 11.4. The summed E-state index contributed by atoms with van der Waals surface area (Å²) in [5.74, 6) is -0.0835. The predicted octanol–water partition coefficient (Wildman–Crippen LogP) is 1.66. The summed E-state index contributed by atoms with van der Waals surface area (Å²) in [6.45, 7) is 5.93. The molecule has 0 aromatic heterocycles. The van der Waals surface area contributed by atoms with Gasteiger partial charge in [-0.05, 0) is 38.5 Å². The fourth-order valence-corrected chi connectivity index (χ4v) is 1.29. The highest BCUT2D eigenvalue weighted by Gasteiger charge is 2.15. The number of hydrogen-bond acceptors (Lipinski definition) is 2. The van der Waals surface area contributed by atoms with Crippen molar-refractivity contribution in [1.82, 2.24) is 5.32 Å². The first kappa shape index (κ1) is 11.7. The lowest BCUT2D eigenvalue weighted by atomic mass is 9.97. The number of carbonyl (C=O) groups is 1. The Morgan fingerprint density at radius 2 is 1.87 bits per heavy atom. The van der Waals surface area contributed by atoms with Crippen LogP contribution in [-0.2, 0) is 5.60 Å². The molecule has 82 valence electrons. The van der Waals surface area contributed by atoms with Gasteiger partial charge in [0.1, 0.15) is 0 Å². The number of benzene rings is 1. The van der Waals surface area contributed by atoms with Gasteiger partial charge in [0.15, 0.2) is 0 Å². The van der Waals surface area contributed by atoms with E-state index < -0.39 is 5.60 Å². The molecule has 0 aliphatic carbocycles. The highest BCUT2D eigenvalue weighted by molar-refractivity contribution is 5.94. The lowest BCUT2D eigenvalue weighted by Gasteiger charge is -2.17. The lowest BCUT2D eigenvalue weighted by molar-refractivity contribution is 0.0784. The van der Waals surface area contributed by atoms with Crippen LogP contribution in [-0.4, -0.2) is 17.6 Å². The number of amides is 1. The van der Waals surface area contributed by atoms with Crippen molar-refractivity contribution < 1.29 is 9.90 Å². The fraction of sp³-hybridized carbons (Fsp3) is 0.417. The Labute approximate surface area is 90.1 Å². The molecule has 0 fully saturated rings. The third-order valence-corrected chi connectivity index (χ3v) is 2.19. The van der Waals surface area contributed by atoms with E-state index in [1.165, 1.54) is 0 Å². The van der Waals surface area contributed by atoms with Crippen molar-refractivity contribution in [1.29, 1.82) is 0 Å². The second kappa shape index (κ2) is 4.45. The summed E-state index contributed by atoms with van der Waals surface area (Å²) in [6, 6.07) is 6.98. The number of rotatable bonds is 3. The van der Waals surface area contributed by atoms with Crippen LogP contribution in [0.4, 0.5) is 0 Å². The van der Waals surface area contributed by atoms with Gasteiger partial charge in [-0.15, -0.1) is 0 Å². The van der Waals surface area contributed by atoms with Gasteiger partial charge in [0.05, 0.1) is 5.60 Å². The molecule has 1 rings (SSSR count). The molecule has 3 heteroatoms. The summed E-state index contributed by atoms with van der Waals surface area (Å²) in [4.78, 5) is 11.4. The van der Waals surface area contributed by atoms with Gasteiger partial charge in [0.25, 0.3) is 5.91 Å². The van der Waals surface area contributed by atoms with Gasteiger partial charge >= 0.3 is 0 Å². The van der Waals surface area contributed by atoms with Crippen LogP contribution in [0.2, 0.25) is 0 Å². The van der Waals surface area contributed by atoms with Crippen LogP contribution < -0.4 is 5.32 Å². The third-order valence-electron chi connectivity index (χ3n) is 2.19. The van der Waals surface area contributed by atoms with Crippen LogP contribution in [0, 0.1) is 0 Å². The Hall–Kier alpha value is -1.35.